The topological polar surface area (TPSA) is 72.7 Å². The van der Waals surface area contributed by atoms with Crippen molar-refractivity contribution in [3.8, 4) is 11.3 Å². The van der Waals surface area contributed by atoms with Gasteiger partial charge in [-0.15, -0.1) is 0 Å². The van der Waals surface area contributed by atoms with E-state index in [-0.39, 0.29) is 22.7 Å². The van der Waals surface area contributed by atoms with Gasteiger partial charge in [-0.2, -0.15) is 0 Å². The van der Waals surface area contributed by atoms with E-state index in [1.54, 1.807) is 12.5 Å². The Morgan fingerprint density at radius 1 is 1.08 bits per heavy atom. The van der Waals surface area contributed by atoms with Crippen LogP contribution in [0, 0.1) is 16.7 Å². The summed E-state index contributed by atoms with van der Waals surface area (Å²) in [6, 6.07) is 3.92. The van der Waals surface area contributed by atoms with Crippen LogP contribution in [0.4, 0.5) is 5.82 Å². The number of nitrogens with one attached hydrogen (secondary N) is 1. The van der Waals surface area contributed by atoms with Crippen LogP contribution in [0.5, 0.6) is 0 Å². The van der Waals surface area contributed by atoms with Crippen molar-refractivity contribution in [3.05, 3.63) is 37.1 Å². The smallest absolute Gasteiger partial charge is 0.229 e. The van der Waals surface area contributed by atoms with E-state index in [9.17, 15) is 4.79 Å². The number of nitrogens with zero attached hydrogens (tertiary/aromatic N) is 4. The molecule has 0 unspecified atom stereocenters. The molecule has 4 rings (SSSR count). The number of aromatic nitrogens is 4. The molecule has 1 aliphatic rings. The van der Waals surface area contributed by atoms with Crippen molar-refractivity contribution in [2.45, 2.75) is 27.7 Å². The van der Waals surface area contributed by atoms with Gasteiger partial charge >= 0.3 is 0 Å². The Hall–Kier alpha value is -2.76. The number of rotatable bonds is 3. The summed E-state index contributed by atoms with van der Waals surface area (Å²) >= 11 is 0. The number of pyridine rings is 2. The SMILES string of the molecule is Cn1cncc1-c1cnc2cnc(NC(=O)C3C(C)(C)C3(C)C)cc2c1. The Morgan fingerprint density at radius 3 is 2.42 bits per heavy atom. The van der Waals surface area contributed by atoms with Gasteiger partial charge in [0.25, 0.3) is 0 Å². The molecule has 0 aliphatic heterocycles. The summed E-state index contributed by atoms with van der Waals surface area (Å²) in [4.78, 5) is 25.6. The van der Waals surface area contributed by atoms with E-state index >= 15 is 0 Å². The fourth-order valence-electron chi connectivity index (χ4n) is 3.93. The molecule has 3 aromatic heterocycles. The van der Waals surface area contributed by atoms with E-state index in [2.05, 4.69) is 48.0 Å². The highest BCUT2D eigenvalue weighted by atomic mass is 16.2. The monoisotopic (exact) mass is 349 g/mol. The van der Waals surface area contributed by atoms with Crippen molar-refractivity contribution in [1.82, 2.24) is 19.5 Å². The first-order valence-electron chi connectivity index (χ1n) is 8.75. The highest BCUT2D eigenvalue weighted by Gasteiger charge is 2.68. The summed E-state index contributed by atoms with van der Waals surface area (Å²) in [5.41, 5.74) is 2.76. The second-order valence-electron chi connectivity index (χ2n) is 8.24. The van der Waals surface area contributed by atoms with Crippen LogP contribution in [0.15, 0.2) is 37.1 Å². The molecule has 3 heterocycles. The molecule has 0 saturated heterocycles. The fourth-order valence-corrected chi connectivity index (χ4v) is 3.93. The average molecular weight is 349 g/mol. The van der Waals surface area contributed by atoms with Gasteiger partial charge in [-0.3, -0.25) is 9.78 Å². The summed E-state index contributed by atoms with van der Waals surface area (Å²) in [6.07, 6.45) is 7.08. The largest absolute Gasteiger partial charge is 0.334 e. The molecule has 6 nitrogen and oxygen atoms in total. The first-order valence-corrected chi connectivity index (χ1v) is 8.75. The molecule has 0 bridgehead atoms. The molecular weight excluding hydrogens is 326 g/mol. The third-order valence-corrected chi connectivity index (χ3v) is 6.21. The normalized spacial score (nSPS) is 18.0. The van der Waals surface area contributed by atoms with Crippen molar-refractivity contribution in [3.63, 3.8) is 0 Å². The molecule has 1 N–H and O–H groups in total. The molecule has 6 heteroatoms. The van der Waals surface area contributed by atoms with Crippen LogP contribution in [0.3, 0.4) is 0 Å². The highest BCUT2D eigenvalue weighted by molar-refractivity contribution is 5.97. The van der Waals surface area contributed by atoms with Crippen LogP contribution in [0.2, 0.25) is 0 Å². The second kappa shape index (κ2) is 5.37. The number of aryl methyl sites for hydroxylation is 1. The van der Waals surface area contributed by atoms with Gasteiger partial charge in [-0.25, -0.2) is 9.97 Å². The van der Waals surface area contributed by atoms with Crippen LogP contribution in [-0.4, -0.2) is 25.4 Å². The third kappa shape index (κ3) is 2.40. The molecule has 1 aliphatic carbocycles. The quantitative estimate of drug-likeness (QED) is 0.783. The van der Waals surface area contributed by atoms with Crippen molar-refractivity contribution in [1.29, 1.82) is 0 Å². The summed E-state index contributed by atoms with van der Waals surface area (Å²) in [7, 11) is 1.95. The second-order valence-corrected chi connectivity index (χ2v) is 8.24. The zero-order chi connectivity index (χ0) is 18.7. The van der Waals surface area contributed by atoms with Crippen molar-refractivity contribution in [2.75, 3.05) is 5.32 Å². The van der Waals surface area contributed by atoms with Gasteiger partial charge in [0.2, 0.25) is 5.91 Å². The van der Waals surface area contributed by atoms with Crippen molar-refractivity contribution >= 4 is 22.6 Å². The Balaban J connectivity index is 1.63. The lowest BCUT2D eigenvalue weighted by atomic mass is 10.0. The van der Waals surface area contributed by atoms with E-state index in [0.717, 1.165) is 22.2 Å². The maximum Gasteiger partial charge on any atom is 0.229 e. The fraction of sp³-hybridized carbons (Fsp3) is 0.400. The standard InChI is InChI=1S/C20H23N5O/c1-19(2)17(20(19,3)4)18(26)24-16-7-12-6-13(8-22-14(12)9-23-16)15-10-21-11-25(15)5/h6-11,17H,1-5H3,(H,23,24,26). The number of hydrogen-bond donors (Lipinski definition) is 1. The first-order chi connectivity index (χ1) is 12.2. The zero-order valence-corrected chi connectivity index (χ0v) is 15.7. The van der Waals surface area contributed by atoms with E-state index in [1.165, 1.54) is 0 Å². The van der Waals surface area contributed by atoms with Crippen LogP contribution < -0.4 is 5.32 Å². The van der Waals surface area contributed by atoms with Gasteiger partial charge in [0.05, 0.1) is 29.9 Å². The maximum absolute atomic E-state index is 12.7. The van der Waals surface area contributed by atoms with E-state index in [1.807, 2.05) is 36.1 Å². The Bertz CT molecular complexity index is 1000. The van der Waals surface area contributed by atoms with Gasteiger partial charge < -0.3 is 9.88 Å². The lowest BCUT2D eigenvalue weighted by Crippen LogP contribution is -2.18. The van der Waals surface area contributed by atoms with E-state index in [4.69, 9.17) is 0 Å². The number of carbonyl (C=O) groups excluding carboxylic acids is 1. The molecule has 0 spiro atoms. The molecule has 0 aromatic carbocycles. The Kier molecular flexibility index (Phi) is 3.45. The van der Waals surface area contributed by atoms with Gasteiger partial charge in [0.1, 0.15) is 5.82 Å². The van der Waals surface area contributed by atoms with Crippen molar-refractivity contribution < 1.29 is 4.79 Å². The molecule has 26 heavy (non-hydrogen) atoms. The van der Waals surface area contributed by atoms with Gasteiger partial charge in [-0.05, 0) is 23.0 Å². The molecule has 0 atom stereocenters. The van der Waals surface area contributed by atoms with Gasteiger partial charge in [0, 0.05) is 30.1 Å². The summed E-state index contributed by atoms with van der Waals surface area (Å²) < 4.78 is 1.95. The van der Waals surface area contributed by atoms with Crippen molar-refractivity contribution in [2.24, 2.45) is 23.8 Å². The molecule has 1 fully saturated rings. The number of amides is 1. The maximum atomic E-state index is 12.7. The van der Waals surface area contributed by atoms with Gasteiger partial charge in [-0.1, -0.05) is 27.7 Å². The number of anilines is 1. The Labute approximate surface area is 152 Å². The van der Waals surface area contributed by atoms with Crippen LogP contribution in [0.1, 0.15) is 27.7 Å². The van der Waals surface area contributed by atoms with E-state index in [0.29, 0.717) is 5.82 Å². The summed E-state index contributed by atoms with van der Waals surface area (Å²) in [5.74, 6) is 0.582. The van der Waals surface area contributed by atoms with Crippen LogP contribution >= 0.6 is 0 Å². The third-order valence-electron chi connectivity index (χ3n) is 6.21. The van der Waals surface area contributed by atoms with E-state index < -0.39 is 0 Å². The number of imidazole rings is 1. The Morgan fingerprint density at radius 2 is 1.81 bits per heavy atom. The molecule has 1 amide bonds. The predicted molar refractivity (Wildman–Crippen MR) is 101 cm³/mol. The molecular formula is C20H23N5O. The summed E-state index contributed by atoms with van der Waals surface area (Å²) in [5, 5.41) is 3.91. The van der Waals surface area contributed by atoms with Gasteiger partial charge in [0.15, 0.2) is 0 Å². The average Bonchev–Trinajstić information content (AvgIpc) is 2.86. The number of carbonyl (C=O) groups is 1. The first kappa shape index (κ1) is 16.7. The minimum Gasteiger partial charge on any atom is -0.334 e. The van der Waals surface area contributed by atoms with Crippen LogP contribution in [-0.2, 0) is 11.8 Å². The number of hydrogen-bond acceptors (Lipinski definition) is 4. The number of fused-ring (bicyclic) bond motifs is 1. The summed E-state index contributed by atoms with van der Waals surface area (Å²) in [6.45, 7) is 8.54. The minimum absolute atomic E-state index is 0.00217. The predicted octanol–water partition coefficient (Wildman–Crippen LogP) is 3.65. The van der Waals surface area contributed by atoms with Crippen LogP contribution in [0.25, 0.3) is 22.2 Å². The lowest BCUT2D eigenvalue weighted by Gasteiger charge is -2.08. The molecule has 134 valence electrons. The molecule has 3 aromatic rings. The minimum atomic E-state index is -0.00796. The lowest BCUT2D eigenvalue weighted by molar-refractivity contribution is -0.118. The molecule has 0 radical (unpaired) electrons. The zero-order valence-electron chi connectivity index (χ0n) is 15.7. The highest BCUT2D eigenvalue weighted by Crippen LogP contribution is 2.68. The molecule has 1 saturated carbocycles.